The monoisotopic (exact) mass is 273 g/mol. The summed E-state index contributed by atoms with van der Waals surface area (Å²) in [7, 11) is 1.54. The van der Waals surface area contributed by atoms with Crippen molar-refractivity contribution in [1.29, 1.82) is 0 Å². The molecule has 2 rings (SSSR count). The molecule has 17 heavy (non-hydrogen) atoms. The number of aliphatic hydroxyl groups is 1. The topological polar surface area (TPSA) is 60.2 Å². The first kappa shape index (κ1) is 12.3. The Morgan fingerprint density at radius 1 is 1.59 bits per heavy atom. The van der Waals surface area contributed by atoms with Gasteiger partial charge in [-0.2, -0.15) is 5.10 Å². The van der Waals surface area contributed by atoms with Crippen molar-refractivity contribution in [1.82, 2.24) is 14.8 Å². The summed E-state index contributed by atoms with van der Waals surface area (Å²) in [6.45, 7) is 2.59. The zero-order valence-corrected chi connectivity index (χ0v) is 11.0. The number of methoxy groups -OCH3 is 1. The van der Waals surface area contributed by atoms with Crippen molar-refractivity contribution in [2.75, 3.05) is 7.11 Å². The standard InChI is InChI=1S/C10H12ClN3O2S/c1-3-14-8(6(16-2)4-13-14)9(15)10-12-5-7(11)17-10/h4-5,9,15H,3H2,1-2H3. The van der Waals surface area contributed by atoms with Gasteiger partial charge in [0.2, 0.25) is 0 Å². The highest BCUT2D eigenvalue weighted by Crippen LogP contribution is 2.33. The van der Waals surface area contributed by atoms with Gasteiger partial charge in [0.25, 0.3) is 0 Å². The lowest BCUT2D eigenvalue weighted by Crippen LogP contribution is -2.10. The molecule has 0 aliphatic heterocycles. The van der Waals surface area contributed by atoms with Crippen LogP contribution in [0.25, 0.3) is 0 Å². The van der Waals surface area contributed by atoms with Crippen LogP contribution in [-0.2, 0) is 6.54 Å². The van der Waals surface area contributed by atoms with Gasteiger partial charge in [-0.1, -0.05) is 11.6 Å². The molecule has 1 atom stereocenters. The molecule has 0 saturated heterocycles. The molecule has 0 amide bonds. The molecule has 92 valence electrons. The molecule has 0 spiro atoms. The molecule has 5 nitrogen and oxygen atoms in total. The highest BCUT2D eigenvalue weighted by molar-refractivity contribution is 7.15. The van der Waals surface area contributed by atoms with Crippen LogP contribution in [0.1, 0.15) is 23.7 Å². The molecule has 2 aromatic rings. The van der Waals surface area contributed by atoms with Gasteiger partial charge in [0.05, 0.1) is 19.5 Å². The van der Waals surface area contributed by atoms with Gasteiger partial charge >= 0.3 is 0 Å². The van der Waals surface area contributed by atoms with Crippen LogP contribution in [-0.4, -0.2) is 27.0 Å². The van der Waals surface area contributed by atoms with E-state index in [2.05, 4.69) is 10.1 Å². The number of aliphatic hydroxyl groups excluding tert-OH is 1. The smallest absolute Gasteiger partial charge is 0.163 e. The van der Waals surface area contributed by atoms with Gasteiger partial charge < -0.3 is 9.84 Å². The third kappa shape index (κ3) is 2.29. The average molecular weight is 274 g/mol. The van der Waals surface area contributed by atoms with Crippen LogP contribution in [0.15, 0.2) is 12.4 Å². The fourth-order valence-corrected chi connectivity index (χ4v) is 2.49. The molecule has 0 radical (unpaired) electrons. The third-order valence-corrected chi connectivity index (χ3v) is 3.52. The molecule has 0 aliphatic carbocycles. The lowest BCUT2D eigenvalue weighted by molar-refractivity contribution is 0.202. The van der Waals surface area contributed by atoms with E-state index < -0.39 is 6.10 Å². The van der Waals surface area contributed by atoms with Crippen molar-refractivity contribution in [3.63, 3.8) is 0 Å². The maximum atomic E-state index is 10.3. The fourth-order valence-electron chi connectivity index (χ4n) is 1.57. The molecule has 2 aromatic heterocycles. The number of halogens is 1. The highest BCUT2D eigenvalue weighted by atomic mass is 35.5. The van der Waals surface area contributed by atoms with Crippen molar-refractivity contribution in [3.05, 3.63) is 27.4 Å². The van der Waals surface area contributed by atoms with Crippen LogP contribution in [0.2, 0.25) is 4.34 Å². The first-order valence-electron chi connectivity index (χ1n) is 5.06. The van der Waals surface area contributed by atoms with Crippen LogP contribution in [0.5, 0.6) is 5.75 Å². The third-order valence-electron chi connectivity index (χ3n) is 2.35. The SMILES string of the molecule is CCn1ncc(OC)c1C(O)c1ncc(Cl)s1. The maximum Gasteiger partial charge on any atom is 0.163 e. The molecule has 2 heterocycles. The Morgan fingerprint density at radius 2 is 2.35 bits per heavy atom. The first-order valence-corrected chi connectivity index (χ1v) is 6.25. The van der Waals surface area contributed by atoms with Gasteiger partial charge in [0.15, 0.2) is 11.9 Å². The van der Waals surface area contributed by atoms with Gasteiger partial charge in [-0.05, 0) is 6.92 Å². The van der Waals surface area contributed by atoms with Crippen molar-refractivity contribution in [2.24, 2.45) is 0 Å². The average Bonchev–Trinajstić information content (AvgIpc) is 2.93. The van der Waals surface area contributed by atoms with Gasteiger partial charge in [-0.3, -0.25) is 4.68 Å². The lowest BCUT2D eigenvalue weighted by atomic mass is 10.2. The Hall–Kier alpha value is -1.11. The number of hydrogen-bond acceptors (Lipinski definition) is 5. The number of aryl methyl sites for hydroxylation is 1. The molecule has 0 aromatic carbocycles. The van der Waals surface area contributed by atoms with Crippen LogP contribution in [0.3, 0.4) is 0 Å². The lowest BCUT2D eigenvalue weighted by Gasteiger charge is -2.11. The summed E-state index contributed by atoms with van der Waals surface area (Å²) in [5.74, 6) is 0.547. The van der Waals surface area contributed by atoms with Crippen LogP contribution >= 0.6 is 22.9 Å². The Bertz CT molecular complexity index is 490. The second-order valence-corrected chi connectivity index (χ2v) is 5.01. The van der Waals surface area contributed by atoms with E-state index in [9.17, 15) is 5.11 Å². The Labute approximate surface area is 108 Å². The maximum absolute atomic E-state index is 10.3. The molecular weight excluding hydrogens is 262 g/mol. The summed E-state index contributed by atoms with van der Waals surface area (Å²) in [5, 5.41) is 14.9. The van der Waals surface area contributed by atoms with Crippen LogP contribution in [0.4, 0.5) is 0 Å². The van der Waals surface area contributed by atoms with E-state index in [4.69, 9.17) is 16.3 Å². The zero-order chi connectivity index (χ0) is 12.4. The minimum absolute atomic E-state index is 0.531. The van der Waals surface area contributed by atoms with E-state index in [-0.39, 0.29) is 0 Å². The summed E-state index contributed by atoms with van der Waals surface area (Å²) < 4.78 is 7.40. The Kier molecular flexibility index (Phi) is 3.66. The molecule has 1 N–H and O–H groups in total. The van der Waals surface area contributed by atoms with Gasteiger partial charge in [0.1, 0.15) is 15.0 Å². The number of aromatic nitrogens is 3. The van der Waals surface area contributed by atoms with E-state index in [1.807, 2.05) is 6.92 Å². The van der Waals surface area contributed by atoms with Gasteiger partial charge in [0, 0.05) is 6.54 Å². The largest absolute Gasteiger partial charge is 0.493 e. The highest BCUT2D eigenvalue weighted by Gasteiger charge is 2.23. The Balaban J connectivity index is 2.41. The minimum Gasteiger partial charge on any atom is -0.493 e. The van der Waals surface area contributed by atoms with Crippen molar-refractivity contribution in [3.8, 4) is 5.75 Å². The van der Waals surface area contributed by atoms with Crippen LogP contribution in [0, 0.1) is 0 Å². The van der Waals surface area contributed by atoms with Gasteiger partial charge in [-0.25, -0.2) is 4.98 Å². The van der Waals surface area contributed by atoms with Gasteiger partial charge in [-0.15, -0.1) is 11.3 Å². The molecule has 0 bridgehead atoms. The molecule has 0 saturated carbocycles. The van der Waals surface area contributed by atoms with Crippen molar-refractivity contribution >= 4 is 22.9 Å². The zero-order valence-electron chi connectivity index (χ0n) is 9.42. The number of nitrogens with zero attached hydrogens (tertiary/aromatic N) is 3. The first-order chi connectivity index (χ1) is 8.17. The summed E-state index contributed by atoms with van der Waals surface area (Å²) in [6, 6.07) is 0. The number of rotatable bonds is 4. The van der Waals surface area contributed by atoms with E-state index in [1.54, 1.807) is 18.0 Å². The van der Waals surface area contributed by atoms with E-state index in [0.717, 1.165) is 0 Å². The Morgan fingerprint density at radius 3 is 2.88 bits per heavy atom. The quantitative estimate of drug-likeness (QED) is 0.927. The number of ether oxygens (including phenoxy) is 1. The summed E-state index contributed by atoms with van der Waals surface area (Å²) in [4.78, 5) is 4.06. The fraction of sp³-hybridized carbons (Fsp3) is 0.400. The molecule has 0 aliphatic rings. The normalized spacial score (nSPS) is 12.7. The molecular formula is C10H12ClN3O2S. The summed E-state index contributed by atoms with van der Waals surface area (Å²) >= 11 is 7.04. The molecule has 0 fully saturated rings. The van der Waals surface area contributed by atoms with Crippen molar-refractivity contribution < 1.29 is 9.84 Å². The second kappa shape index (κ2) is 5.03. The second-order valence-electron chi connectivity index (χ2n) is 3.32. The number of thiazole rings is 1. The van der Waals surface area contributed by atoms with E-state index in [0.29, 0.717) is 27.3 Å². The van der Waals surface area contributed by atoms with E-state index >= 15 is 0 Å². The summed E-state index contributed by atoms with van der Waals surface area (Å²) in [5.41, 5.74) is 0.598. The molecule has 1 unspecified atom stereocenters. The van der Waals surface area contributed by atoms with E-state index in [1.165, 1.54) is 17.5 Å². The minimum atomic E-state index is -0.870. The van der Waals surface area contributed by atoms with Crippen molar-refractivity contribution in [2.45, 2.75) is 19.6 Å². The molecule has 7 heteroatoms. The van der Waals surface area contributed by atoms with Crippen LogP contribution < -0.4 is 4.74 Å². The predicted molar refractivity (Wildman–Crippen MR) is 65.6 cm³/mol. The summed E-state index contributed by atoms with van der Waals surface area (Å²) in [6.07, 6.45) is 2.23. The number of hydrogen-bond donors (Lipinski definition) is 1. The predicted octanol–water partition coefficient (Wildman–Crippen LogP) is 2.10.